The van der Waals surface area contributed by atoms with Gasteiger partial charge in [-0.3, -0.25) is 19.3 Å². The zero-order chi connectivity index (χ0) is 20.7. The van der Waals surface area contributed by atoms with E-state index >= 15 is 0 Å². The minimum absolute atomic E-state index is 0.0613. The Morgan fingerprint density at radius 3 is 2.50 bits per heavy atom. The number of hydrogen-bond acceptors (Lipinski definition) is 7. The van der Waals surface area contributed by atoms with E-state index in [1.54, 1.807) is 11.8 Å². The lowest BCUT2D eigenvalue weighted by molar-refractivity contribution is -0.140. The Morgan fingerprint density at radius 1 is 1.10 bits per heavy atom. The molecule has 1 aromatic heterocycles. The predicted octanol–water partition coefficient (Wildman–Crippen LogP) is 2.97. The van der Waals surface area contributed by atoms with Crippen LogP contribution in [0.25, 0.3) is 0 Å². The molecule has 3 amide bonds. The molecule has 3 aliphatic rings. The van der Waals surface area contributed by atoms with Crippen LogP contribution in [0, 0.1) is 23.7 Å². The van der Waals surface area contributed by atoms with Gasteiger partial charge in [0.15, 0.2) is 4.34 Å². The van der Waals surface area contributed by atoms with Crippen LogP contribution < -0.4 is 5.32 Å². The zero-order valence-corrected chi connectivity index (χ0v) is 17.7. The number of carbonyl (C=O) groups is 3. The second-order valence-corrected chi connectivity index (χ2v) is 9.97. The molecule has 4 atom stereocenters. The van der Waals surface area contributed by atoms with E-state index in [-0.39, 0.29) is 54.4 Å². The lowest BCUT2D eigenvalue weighted by atomic mass is 9.85. The van der Waals surface area contributed by atoms with E-state index in [2.05, 4.69) is 27.7 Å². The summed E-state index contributed by atoms with van der Waals surface area (Å²) in [5.41, 5.74) is 1.19. The van der Waals surface area contributed by atoms with Gasteiger partial charge in [-0.05, 0) is 23.8 Å². The molecule has 154 valence electrons. The zero-order valence-electron chi connectivity index (χ0n) is 16.1. The first-order valence-electron chi connectivity index (χ1n) is 9.94. The van der Waals surface area contributed by atoms with Crippen LogP contribution in [0.15, 0.2) is 46.8 Å². The third kappa shape index (κ3) is 3.56. The second kappa shape index (κ2) is 7.96. The molecule has 9 heteroatoms. The minimum Gasteiger partial charge on any atom is -0.300 e. The molecule has 1 aromatic carbocycles. The number of nitrogens with zero attached hydrogens (tertiary/aromatic N) is 3. The molecule has 1 saturated heterocycles. The summed E-state index contributed by atoms with van der Waals surface area (Å²) in [5.74, 6) is 0.194. The molecule has 2 aliphatic carbocycles. The van der Waals surface area contributed by atoms with Crippen molar-refractivity contribution in [1.29, 1.82) is 0 Å². The molecule has 30 heavy (non-hydrogen) atoms. The van der Waals surface area contributed by atoms with Crippen LogP contribution in [-0.4, -0.2) is 39.4 Å². The summed E-state index contributed by atoms with van der Waals surface area (Å²) in [6, 6.07) is 10.1. The van der Waals surface area contributed by atoms with Gasteiger partial charge in [0.2, 0.25) is 22.9 Å². The van der Waals surface area contributed by atoms with Crippen LogP contribution in [0.2, 0.25) is 0 Å². The number of rotatable bonds is 7. The van der Waals surface area contributed by atoms with Gasteiger partial charge in [0.05, 0.1) is 11.8 Å². The Bertz CT molecular complexity index is 992. The van der Waals surface area contributed by atoms with E-state index < -0.39 is 0 Å². The molecule has 5 rings (SSSR count). The van der Waals surface area contributed by atoms with Gasteiger partial charge in [0.1, 0.15) is 0 Å². The maximum Gasteiger partial charge on any atom is 0.233 e. The Hall–Kier alpha value is -2.52. The quantitative estimate of drug-likeness (QED) is 0.308. The molecule has 0 unspecified atom stereocenters. The molecular weight excluding hydrogens is 420 g/mol. The number of benzene rings is 1. The molecule has 2 fully saturated rings. The summed E-state index contributed by atoms with van der Waals surface area (Å²) in [6.45, 7) is 0.115. The number of thioether (sulfide) groups is 1. The van der Waals surface area contributed by atoms with E-state index in [9.17, 15) is 14.4 Å². The largest absolute Gasteiger partial charge is 0.300 e. The summed E-state index contributed by atoms with van der Waals surface area (Å²) in [7, 11) is 0. The van der Waals surface area contributed by atoms with Crippen LogP contribution >= 0.6 is 23.1 Å². The van der Waals surface area contributed by atoms with E-state index in [0.29, 0.717) is 5.13 Å². The van der Waals surface area contributed by atoms with Gasteiger partial charge in [-0.1, -0.05) is 65.6 Å². The highest BCUT2D eigenvalue weighted by Gasteiger charge is 2.59. The molecule has 7 nitrogen and oxygen atoms in total. The highest BCUT2D eigenvalue weighted by atomic mass is 32.2. The van der Waals surface area contributed by atoms with Crippen LogP contribution in [0.1, 0.15) is 18.4 Å². The molecule has 2 heterocycles. The van der Waals surface area contributed by atoms with Crippen LogP contribution in [0.4, 0.5) is 5.13 Å². The molecule has 1 saturated carbocycles. The second-order valence-electron chi connectivity index (χ2n) is 7.77. The fourth-order valence-corrected chi connectivity index (χ4v) is 6.34. The molecular formula is C21H20N4O3S2. The average Bonchev–Trinajstić information content (AvgIpc) is 3.52. The standard InChI is InChI=1S/C21H20N4O3S2/c26-15(22-20-23-24-21(30-20)29-11-12-4-2-1-3-5-12)8-9-25-18(27)16-13-6-7-14(10-13)17(16)19(25)28/h1-7,13-14,16-17H,8-11H2,(H,22,23,26)/t13-,14+,16-,17+. The SMILES string of the molecule is O=C(CCN1C(=O)[C@@H]2[C@H](C1=O)[C@@H]1C=C[C@H]2C1)Nc1nnc(SCc2ccccc2)s1. The smallest absolute Gasteiger partial charge is 0.233 e. The van der Waals surface area contributed by atoms with Gasteiger partial charge < -0.3 is 5.32 Å². The lowest BCUT2D eigenvalue weighted by Gasteiger charge is -2.16. The van der Waals surface area contributed by atoms with Crippen molar-refractivity contribution in [2.75, 3.05) is 11.9 Å². The van der Waals surface area contributed by atoms with E-state index in [4.69, 9.17) is 0 Å². The Labute approximate surface area is 181 Å². The number of carbonyl (C=O) groups excluding carboxylic acids is 3. The van der Waals surface area contributed by atoms with Gasteiger partial charge in [-0.2, -0.15) is 0 Å². The predicted molar refractivity (Wildman–Crippen MR) is 114 cm³/mol. The van der Waals surface area contributed by atoms with Crippen molar-refractivity contribution in [3.63, 3.8) is 0 Å². The molecule has 0 radical (unpaired) electrons. The molecule has 2 bridgehead atoms. The van der Waals surface area contributed by atoms with E-state index in [0.717, 1.165) is 16.5 Å². The fraction of sp³-hybridized carbons (Fsp3) is 0.381. The summed E-state index contributed by atoms with van der Waals surface area (Å²) in [6.07, 6.45) is 5.10. The number of nitrogens with one attached hydrogen (secondary N) is 1. The highest BCUT2D eigenvalue weighted by molar-refractivity contribution is 8.00. The number of likely N-dealkylation sites (tertiary alicyclic amines) is 1. The Balaban J connectivity index is 1.12. The third-order valence-electron chi connectivity index (χ3n) is 5.98. The summed E-state index contributed by atoms with van der Waals surface area (Å²) in [5, 5.41) is 11.3. The summed E-state index contributed by atoms with van der Waals surface area (Å²) >= 11 is 2.88. The normalized spacial score (nSPS) is 26.5. The highest BCUT2D eigenvalue weighted by Crippen LogP contribution is 2.52. The Kier molecular flexibility index (Phi) is 5.16. The number of anilines is 1. The van der Waals surface area contributed by atoms with E-state index in [1.165, 1.54) is 21.8 Å². The number of allylic oxidation sites excluding steroid dienone is 2. The third-order valence-corrected chi connectivity index (χ3v) is 8.03. The van der Waals surface area contributed by atoms with Crippen molar-refractivity contribution in [3.05, 3.63) is 48.0 Å². The maximum atomic E-state index is 12.7. The summed E-state index contributed by atoms with van der Waals surface area (Å²) in [4.78, 5) is 38.9. The number of amides is 3. The first-order chi connectivity index (χ1) is 14.6. The van der Waals surface area contributed by atoms with Crippen molar-refractivity contribution < 1.29 is 14.4 Å². The maximum absolute atomic E-state index is 12.7. The Morgan fingerprint density at radius 2 is 1.80 bits per heavy atom. The van der Waals surface area contributed by atoms with E-state index in [1.807, 2.05) is 30.3 Å². The van der Waals surface area contributed by atoms with Crippen LogP contribution in [0.5, 0.6) is 0 Å². The van der Waals surface area contributed by atoms with Crippen LogP contribution in [0.3, 0.4) is 0 Å². The summed E-state index contributed by atoms with van der Waals surface area (Å²) < 4.78 is 0.773. The fourth-order valence-electron chi connectivity index (χ4n) is 4.62. The first-order valence-corrected chi connectivity index (χ1v) is 11.7. The lowest BCUT2D eigenvalue weighted by Crippen LogP contribution is -2.35. The molecule has 0 spiro atoms. The van der Waals surface area contributed by atoms with Gasteiger partial charge in [0.25, 0.3) is 0 Å². The van der Waals surface area contributed by atoms with Crippen LogP contribution in [-0.2, 0) is 20.1 Å². The van der Waals surface area contributed by atoms with Crippen molar-refractivity contribution in [1.82, 2.24) is 15.1 Å². The van der Waals surface area contributed by atoms with Crippen molar-refractivity contribution >= 4 is 46.0 Å². The number of aromatic nitrogens is 2. The molecule has 1 N–H and O–H groups in total. The van der Waals surface area contributed by atoms with Gasteiger partial charge in [0, 0.05) is 18.7 Å². The number of fused-ring (bicyclic) bond motifs is 5. The number of imide groups is 1. The van der Waals surface area contributed by atoms with Crippen molar-refractivity contribution in [3.8, 4) is 0 Å². The first kappa shape index (κ1) is 19.4. The van der Waals surface area contributed by atoms with Gasteiger partial charge in [-0.15, -0.1) is 10.2 Å². The average molecular weight is 441 g/mol. The minimum atomic E-state index is -0.274. The van der Waals surface area contributed by atoms with Gasteiger partial charge >= 0.3 is 0 Å². The van der Waals surface area contributed by atoms with Gasteiger partial charge in [-0.25, -0.2) is 0 Å². The monoisotopic (exact) mass is 440 g/mol. The topological polar surface area (TPSA) is 92.3 Å². The molecule has 2 aromatic rings. The number of hydrogen-bond donors (Lipinski definition) is 1. The van der Waals surface area contributed by atoms with Crippen molar-refractivity contribution in [2.45, 2.75) is 22.9 Å². The van der Waals surface area contributed by atoms with Crippen molar-refractivity contribution in [2.24, 2.45) is 23.7 Å². The molecule has 1 aliphatic heterocycles.